The van der Waals surface area contributed by atoms with Gasteiger partial charge in [-0.3, -0.25) is 9.59 Å². The van der Waals surface area contributed by atoms with Gasteiger partial charge in [0.15, 0.2) is 5.78 Å². The molecule has 0 fully saturated rings. The van der Waals surface area contributed by atoms with Crippen LogP contribution in [0.5, 0.6) is 11.5 Å². The van der Waals surface area contributed by atoms with Crippen molar-refractivity contribution in [2.75, 3.05) is 0 Å². The Morgan fingerprint density at radius 1 is 1.07 bits per heavy atom. The monoisotopic (exact) mass is 388 g/mol. The summed E-state index contributed by atoms with van der Waals surface area (Å²) < 4.78 is 1.32. The van der Waals surface area contributed by atoms with Gasteiger partial charge in [-0.1, -0.05) is 54.3 Å². The molecule has 4 N–H and O–H groups in total. The number of pyridine rings is 1. The summed E-state index contributed by atoms with van der Waals surface area (Å²) in [5.74, 6) is -1.11. The summed E-state index contributed by atoms with van der Waals surface area (Å²) in [7, 11) is 1.54. The number of Topliss-reactive ketones (excluding diaryl/α,β-unsaturated/α-hetero) is 1. The van der Waals surface area contributed by atoms with Crippen molar-refractivity contribution in [3.05, 3.63) is 82.1 Å². The maximum atomic E-state index is 13.0. The number of phenolic OH excluding ortho intramolecular Hbond substituents is 1. The zero-order chi connectivity index (χ0) is 20.7. The highest BCUT2D eigenvalue weighted by Gasteiger charge is 2.24. The molecule has 0 saturated carbocycles. The van der Waals surface area contributed by atoms with E-state index >= 15 is 0 Å². The van der Waals surface area contributed by atoms with Crippen LogP contribution >= 0.6 is 0 Å². The fraction of sp³-hybridized carbons (Fsp3) is 0.130. The van der Waals surface area contributed by atoms with E-state index < -0.39 is 23.1 Å². The van der Waals surface area contributed by atoms with Crippen LogP contribution in [-0.4, -0.2) is 15.5 Å². The topological polar surface area (TPSA) is 110 Å². The first-order chi connectivity index (χ1) is 13.9. The lowest BCUT2D eigenvalue weighted by Crippen LogP contribution is -2.54. The van der Waals surface area contributed by atoms with Gasteiger partial charge in [-0.2, -0.15) is 0 Å². The molecule has 6 heteroatoms. The van der Waals surface area contributed by atoms with Gasteiger partial charge < -0.3 is 20.5 Å². The molecule has 1 atom stereocenters. The summed E-state index contributed by atoms with van der Waals surface area (Å²) in [6.07, 6.45) is -0.162. The van der Waals surface area contributed by atoms with Crippen molar-refractivity contribution in [2.45, 2.75) is 12.5 Å². The Labute approximate surface area is 166 Å². The number of rotatable bonds is 4. The first-order valence-corrected chi connectivity index (χ1v) is 9.25. The van der Waals surface area contributed by atoms with Crippen LogP contribution < -0.4 is 16.4 Å². The third-order valence-corrected chi connectivity index (χ3v) is 5.32. The molecular weight excluding hydrogens is 368 g/mol. The van der Waals surface area contributed by atoms with E-state index in [1.807, 2.05) is 24.3 Å². The number of benzene rings is 3. The Morgan fingerprint density at radius 2 is 1.72 bits per heavy atom. The van der Waals surface area contributed by atoms with Gasteiger partial charge in [-0.15, -0.1) is 0 Å². The third-order valence-electron chi connectivity index (χ3n) is 5.32. The molecule has 0 radical (unpaired) electrons. The number of nitrogens with zero attached hydrogens (tertiary/aromatic N) is 1. The maximum absolute atomic E-state index is 13.0. The molecule has 4 rings (SSSR count). The zero-order valence-electron chi connectivity index (χ0n) is 15.9. The van der Waals surface area contributed by atoms with Gasteiger partial charge in [0.05, 0.1) is 23.1 Å². The molecule has 0 aliphatic rings. The molecule has 0 amide bonds. The lowest BCUT2D eigenvalue weighted by molar-refractivity contribution is -0.424. The molecule has 146 valence electrons. The van der Waals surface area contributed by atoms with E-state index in [1.165, 1.54) is 4.57 Å². The molecule has 6 nitrogen and oxygen atoms in total. The van der Waals surface area contributed by atoms with Crippen LogP contribution in [0.3, 0.4) is 0 Å². The average Bonchev–Trinajstić information content (AvgIpc) is 2.72. The molecule has 0 bridgehead atoms. The van der Waals surface area contributed by atoms with Gasteiger partial charge in [-0.05, 0) is 28.3 Å². The molecule has 0 spiro atoms. The minimum Gasteiger partial charge on any atom is -0.871 e. The van der Waals surface area contributed by atoms with Crippen LogP contribution in [0.1, 0.15) is 28.4 Å². The number of hydrogen-bond acceptors (Lipinski definition) is 4. The Balaban J connectivity index is 1.78. The molecule has 0 aliphatic heterocycles. The molecule has 0 aliphatic carbocycles. The molecule has 29 heavy (non-hydrogen) atoms. The van der Waals surface area contributed by atoms with E-state index in [-0.39, 0.29) is 17.7 Å². The minimum atomic E-state index is -0.621. The SMILES string of the molecule is Cn1c(=O)c(C(=O)C[C@H]([NH3+])c2c(O)ccc3ccccc23)c([O-])c2ccccc21. The number of quaternary nitrogens is 1. The highest BCUT2D eigenvalue weighted by molar-refractivity contribution is 6.03. The van der Waals surface area contributed by atoms with Crippen LogP contribution in [0.25, 0.3) is 21.7 Å². The van der Waals surface area contributed by atoms with Crippen molar-refractivity contribution in [3.8, 4) is 11.5 Å². The summed E-state index contributed by atoms with van der Waals surface area (Å²) in [6, 6.07) is 16.9. The Hall–Kier alpha value is -3.64. The van der Waals surface area contributed by atoms with Gasteiger partial charge >= 0.3 is 0 Å². The van der Waals surface area contributed by atoms with Crippen LogP contribution in [0.15, 0.2) is 65.5 Å². The second-order valence-corrected chi connectivity index (χ2v) is 7.13. The summed E-state index contributed by atoms with van der Waals surface area (Å²) in [6.45, 7) is 0. The number of carbonyl (C=O) groups excluding carboxylic acids is 1. The smallest absolute Gasteiger partial charge is 0.261 e. The molecule has 3 aromatic carbocycles. The van der Waals surface area contributed by atoms with E-state index in [1.54, 1.807) is 43.4 Å². The maximum Gasteiger partial charge on any atom is 0.261 e. The number of phenols is 1. The zero-order valence-corrected chi connectivity index (χ0v) is 15.9. The Kier molecular flexibility index (Phi) is 4.56. The number of aryl methyl sites for hydroxylation is 1. The van der Waals surface area contributed by atoms with Crippen molar-refractivity contribution in [3.63, 3.8) is 0 Å². The quantitative estimate of drug-likeness (QED) is 0.521. The summed E-state index contributed by atoms with van der Waals surface area (Å²) in [5, 5.41) is 25.2. The summed E-state index contributed by atoms with van der Waals surface area (Å²) >= 11 is 0. The van der Waals surface area contributed by atoms with Crippen LogP contribution in [0.4, 0.5) is 0 Å². The Morgan fingerprint density at radius 3 is 2.48 bits per heavy atom. The van der Waals surface area contributed by atoms with Gasteiger partial charge in [-0.25, -0.2) is 0 Å². The average molecular weight is 388 g/mol. The highest BCUT2D eigenvalue weighted by atomic mass is 16.3. The van der Waals surface area contributed by atoms with Crippen LogP contribution in [0, 0.1) is 0 Å². The van der Waals surface area contributed by atoms with Crippen molar-refractivity contribution >= 4 is 27.5 Å². The standard InChI is InChI=1S/C23H20N2O4/c1-25-17-9-5-4-8-15(17)22(28)21(23(25)29)19(27)12-16(24)20-14-7-3-2-6-13(14)10-11-18(20)26/h2-11,16,26,28H,12,24H2,1H3/t16-/m0/s1. The largest absolute Gasteiger partial charge is 0.871 e. The van der Waals surface area contributed by atoms with E-state index in [4.69, 9.17) is 0 Å². The second kappa shape index (κ2) is 7.07. The van der Waals surface area contributed by atoms with E-state index in [0.29, 0.717) is 16.5 Å². The van der Waals surface area contributed by atoms with Crippen LogP contribution in [0.2, 0.25) is 0 Å². The molecular formula is C23H20N2O4. The van der Waals surface area contributed by atoms with E-state index in [2.05, 4.69) is 5.73 Å². The van der Waals surface area contributed by atoms with E-state index in [0.717, 1.165) is 10.8 Å². The molecule has 0 unspecified atom stereocenters. The van der Waals surface area contributed by atoms with Gasteiger partial charge in [0.2, 0.25) is 0 Å². The van der Waals surface area contributed by atoms with Crippen molar-refractivity contribution < 1.29 is 20.7 Å². The molecule has 1 aromatic heterocycles. The fourth-order valence-corrected chi connectivity index (χ4v) is 3.85. The number of ketones is 1. The number of para-hydroxylation sites is 1. The summed E-state index contributed by atoms with van der Waals surface area (Å²) in [5.41, 5.74) is 4.07. The second-order valence-electron chi connectivity index (χ2n) is 7.13. The number of aromatic hydroxyl groups is 1. The van der Waals surface area contributed by atoms with Gasteiger partial charge in [0.25, 0.3) is 5.56 Å². The first kappa shape index (κ1) is 18.7. The van der Waals surface area contributed by atoms with Crippen molar-refractivity contribution in [1.82, 2.24) is 4.57 Å². The minimum absolute atomic E-state index is 0.0326. The number of carbonyl (C=O) groups is 1. The predicted molar refractivity (Wildman–Crippen MR) is 109 cm³/mol. The summed E-state index contributed by atoms with van der Waals surface area (Å²) in [4.78, 5) is 25.7. The van der Waals surface area contributed by atoms with Crippen LogP contribution in [-0.2, 0) is 7.05 Å². The normalized spacial score (nSPS) is 12.3. The van der Waals surface area contributed by atoms with Gasteiger partial charge in [0.1, 0.15) is 11.8 Å². The first-order valence-electron chi connectivity index (χ1n) is 9.25. The van der Waals surface area contributed by atoms with Crippen molar-refractivity contribution in [2.24, 2.45) is 7.05 Å². The van der Waals surface area contributed by atoms with E-state index in [9.17, 15) is 19.8 Å². The fourth-order valence-electron chi connectivity index (χ4n) is 3.85. The lowest BCUT2D eigenvalue weighted by Gasteiger charge is -2.19. The number of fused-ring (bicyclic) bond motifs is 2. The molecule has 0 saturated heterocycles. The molecule has 4 aromatic rings. The number of hydrogen-bond donors (Lipinski definition) is 2. The van der Waals surface area contributed by atoms with Gasteiger partial charge in [0, 0.05) is 7.05 Å². The third kappa shape index (κ3) is 3.03. The Bertz CT molecular complexity index is 1320. The van der Waals surface area contributed by atoms with Crippen molar-refractivity contribution in [1.29, 1.82) is 0 Å². The number of aromatic nitrogens is 1. The highest BCUT2D eigenvalue weighted by Crippen LogP contribution is 2.33. The lowest BCUT2D eigenvalue weighted by atomic mass is 9.93. The predicted octanol–water partition coefficient (Wildman–Crippen LogP) is 2.03. The molecule has 1 heterocycles.